The van der Waals surface area contributed by atoms with Crippen molar-refractivity contribution in [2.75, 3.05) is 6.54 Å². The molecule has 2 rings (SSSR count). The molecule has 0 bridgehead atoms. The predicted octanol–water partition coefficient (Wildman–Crippen LogP) is 2.70. The van der Waals surface area contributed by atoms with Gasteiger partial charge in [0.1, 0.15) is 0 Å². The zero-order valence-electron chi connectivity index (χ0n) is 8.96. The Hall–Kier alpha value is -0.580. The van der Waals surface area contributed by atoms with Crippen LogP contribution in [0, 0.1) is 3.57 Å². The maximum atomic E-state index is 12.2. The molecular formula is C12H14INO. The van der Waals surface area contributed by atoms with Crippen LogP contribution in [0.2, 0.25) is 0 Å². The number of benzene rings is 1. The van der Waals surface area contributed by atoms with E-state index in [9.17, 15) is 4.79 Å². The van der Waals surface area contributed by atoms with Crippen LogP contribution in [0.1, 0.15) is 29.8 Å². The third kappa shape index (κ3) is 1.89. The van der Waals surface area contributed by atoms with Crippen LogP contribution in [0.3, 0.4) is 0 Å². The van der Waals surface area contributed by atoms with Gasteiger partial charge < -0.3 is 4.90 Å². The molecule has 0 unspecified atom stereocenters. The Labute approximate surface area is 104 Å². The first-order valence-corrected chi connectivity index (χ1v) is 6.27. The summed E-state index contributed by atoms with van der Waals surface area (Å²) >= 11 is 2.24. The maximum Gasteiger partial charge on any atom is 0.255 e. The zero-order chi connectivity index (χ0) is 11.0. The molecule has 0 aliphatic carbocycles. The van der Waals surface area contributed by atoms with Crippen molar-refractivity contribution in [3.8, 4) is 0 Å². The molecule has 0 aromatic heterocycles. The molecule has 2 nitrogen and oxygen atoms in total. The van der Waals surface area contributed by atoms with Gasteiger partial charge in [-0.25, -0.2) is 0 Å². The highest BCUT2D eigenvalue weighted by Crippen LogP contribution is 2.24. The lowest BCUT2D eigenvalue weighted by Gasteiger charge is -2.32. The third-order valence-corrected chi connectivity index (χ3v) is 3.72. The number of hydrogen-bond donors (Lipinski definition) is 0. The van der Waals surface area contributed by atoms with Crippen molar-refractivity contribution >= 4 is 28.5 Å². The topological polar surface area (TPSA) is 20.3 Å². The van der Waals surface area contributed by atoms with Gasteiger partial charge in [0.25, 0.3) is 5.91 Å². The lowest BCUT2D eigenvalue weighted by molar-refractivity contribution is 0.0687. The molecule has 0 saturated carbocycles. The van der Waals surface area contributed by atoms with E-state index < -0.39 is 0 Å². The molecule has 1 aliphatic rings. The Morgan fingerprint density at radius 3 is 2.80 bits per heavy atom. The molecular weight excluding hydrogens is 301 g/mol. The summed E-state index contributed by atoms with van der Waals surface area (Å²) in [5.41, 5.74) is 2.11. The molecule has 80 valence electrons. The number of hydrogen-bond acceptors (Lipinski definition) is 1. The first-order chi connectivity index (χ1) is 7.11. The second-order valence-corrected chi connectivity index (χ2v) is 5.28. The fourth-order valence-electron chi connectivity index (χ4n) is 2.00. The normalized spacial score (nSPS) is 15.7. The highest BCUT2D eigenvalue weighted by Gasteiger charge is 2.27. The molecule has 0 fully saturated rings. The minimum absolute atomic E-state index is 0.191. The lowest BCUT2D eigenvalue weighted by Crippen LogP contribution is -2.42. The van der Waals surface area contributed by atoms with Gasteiger partial charge in [0.15, 0.2) is 0 Å². The fourth-order valence-corrected chi connectivity index (χ4v) is 2.78. The zero-order valence-corrected chi connectivity index (χ0v) is 11.1. The Kier molecular flexibility index (Phi) is 3.00. The SMILES string of the molecule is CC(C)N1CCc2cccc(I)c2C1=O. The highest BCUT2D eigenvalue weighted by molar-refractivity contribution is 14.1. The average Bonchev–Trinajstić information content (AvgIpc) is 2.17. The maximum absolute atomic E-state index is 12.2. The van der Waals surface area contributed by atoms with Crippen LogP contribution in [0.5, 0.6) is 0 Å². The summed E-state index contributed by atoms with van der Waals surface area (Å²) in [5, 5.41) is 0. The second kappa shape index (κ2) is 4.12. The smallest absolute Gasteiger partial charge is 0.255 e. The van der Waals surface area contributed by atoms with Crippen LogP contribution in [-0.4, -0.2) is 23.4 Å². The standard InChI is InChI=1S/C12H14INO/c1-8(2)14-7-6-9-4-3-5-10(13)11(9)12(14)15/h3-5,8H,6-7H2,1-2H3. The van der Waals surface area contributed by atoms with Crippen molar-refractivity contribution in [3.63, 3.8) is 0 Å². The minimum Gasteiger partial charge on any atom is -0.336 e. The van der Waals surface area contributed by atoms with Gasteiger partial charge in [-0.1, -0.05) is 12.1 Å². The Morgan fingerprint density at radius 1 is 1.40 bits per heavy atom. The van der Waals surface area contributed by atoms with Gasteiger partial charge >= 0.3 is 0 Å². The van der Waals surface area contributed by atoms with Crippen LogP contribution in [0.25, 0.3) is 0 Å². The number of fused-ring (bicyclic) bond motifs is 1. The predicted molar refractivity (Wildman–Crippen MR) is 69.0 cm³/mol. The first kappa shape index (κ1) is 10.9. The number of carbonyl (C=O) groups excluding carboxylic acids is 1. The summed E-state index contributed by atoms with van der Waals surface area (Å²) in [7, 11) is 0. The minimum atomic E-state index is 0.191. The van der Waals surface area contributed by atoms with Crippen molar-refractivity contribution in [1.29, 1.82) is 0 Å². The first-order valence-electron chi connectivity index (χ1n) is 5.19. The number of amides is 1. The van der Waals surface area contributed by atoms with Crippen molar-refractivity contribution in [3.05, 3.63) is 32.9 Å². The summed E-state index contributed by atoms with van der Waals surface area (Å²) < 4.78 is 1.07. The van der Waals surface area contributed by atoms with Gasteiger partial charge in [0.2, 0.25) is 0 Å². The van der Waals surface area contributed by atoms with Gasteiger partial charge in [-0.15, -0.1) is 0 Å². The number of nitrogens with zero attached hydrogens (tertiary/aromatic N) is 1. The average molecular weight is 315 g/mol. The van der Waals surface area contributed by atoms with E-state index in [1.54, 1.807) is 0 Å². The van der Waals surface area contributed by atoms with Gasteiger partial charge in [-0.05, 0) is 54.5 Å². The van der Waals surface area contributed by atoms with Crippen molar-refractivity contribution in [2.45, 2.75) is 26.3 Å². The molecule has 3 heteroatoms. The van der Waals surface area contributed by atoms with Gasteiger partial charge in [0, 0.05) is 16.2 Å². The van der Waals surface area contributed by atoms with E-state index in [0.717, 1.165) is 22.1 Å². The second-order valence-electron chi connectivity index (χ2n) is 4.12. The van der Waals surface area contributed by atoms with Gasteiger partial charge in [-0.2, -0.15) is 0 Å². The van der Waals surface area contributed by atoms with Crippen LogP contribution in [0.4, 0.5) is 0 Å². The number of rotatable bonds is 1. The summed E-state index contributed by atoms with van der Waals surface area (Å²) in [6, 6.07) is 6.38. The van der Waals surface area contributed by atoms with E-state index in [1.807, 2.05) is 17.0 Å². The Morgan fingerprint density at radius 2 is 2.13 bits per heavy atom. The van der Waals surface area contributed by atoms with Crippen LogP contribution >= 0.6 is 22.6 Å². The Bertz CT molecular complexity index is 401. The molecule has 1 aromatic rings. The fraction of sp³-hybridized carbons (Fsp3) is 0.417. The molecule has 15 heavy (non-hydrogen) atoms. The number of carbonyl (C=O) groups is 1. The van der Waals surface area contributed by atoms with Crippen molar-refractivity contribution < 1.29 is 4.79 Å². The van der Waals surface area contributed by atoms with E-state index in [4.69, 9.17) is 0 Å². The molecule has 1 amide bonds. The molecule has 0 saturated heterocycles. The van der Waals surface area contributed by atoms with E-state index in [1.165, 1.54) is 5.56 Å². The largest absolute Gasteiger partial charge is 0.336 e. The van der Waals surface area contributed by atoms with Gasteiger partial charge in [-0.3, -0.25) is 4.79 Å². The highest BCUT2D eigenvalue weighted by atomic mass is 127. The Balaban J connectivity index is 2.45. The molecule has 0 spiro atoms. The summed E-state index contributed by atoms with van der Waals surface area (Å²) in [5.74, 6) is 0.191. The lowest BCUT2D eigenvalue weighted by atomic mass is 9.98. The quantitative estimate of drug-likeness (QED) is 0.730. The molecule has 1 aliphatic heterocycles. The molecule has 0 N–H and O–H groups in total. The van der Waals surface area contributed by atoms with Crippen molar-refractivity contribution in [2.24, 2.45) is 0 Å². The summed E-state index contributed by atoms with van der Waals surface area (Å²) in [6.07, 6.45) is 0.982. The summed E-state index contributed by atoms with van der Waals surface area (Å²) in [4.78, 5) is 14.1. The van der Waals surface area contributed by atoms with E-state index in [-0.39, 0.29) is 5.91 Å². The molecule has 0 atom stereocenters. The molecule has 1 heterocycles. The van der Waals surface area contributed by atoms with Crippen LogP contribution in [0.15, 0.2) is 18.2 Å². The third-order valence-electron chi connectivity index (χ3n) is 2.82. The van der Waals surface area contributed by atoms with Gasteiger partial charge in [0.05, 0.1) is 5.56 Å². The monoisotopic (exact) mass is 315 g/mol. The van der Waals surface area contributed by atoms with E-state index in [2.05, 4.69) is 42.5 Å². The van der Waals surface area contributed by atoms with E-state index >= 15 is 0 Å². The summed E-state index contributed by atoms with van der Waals surface area (Å²) in [6.45, 7) is 4.99. The van der Waals surface area contributed by atoms with E-state index in [0.29, 0.717) is 6.04 Å². The number of halogens is 1. The van der Waals surface area contributed by atoms with Crippen molar-refractivity contribution in [1.82, 2.24) is 4.90 Å². The van der Waals surface area contributed by atoms with Crippen LogP contribution in [-0.2, 0) is 6.42 Å². The molecule has 0 radical (unpaired) electrons. The molecule has 1 aromatic carbocycles. The van der Waals surface area contributed by atoms with Crippen LogP contribution < -0.4 is 0 Å².